The third-order valence-corrected chi connectivity index (χ3v) is 12.9. The van der Waals surface area contributed by atoms with Gasteiger partial charge in [0, 0.05) is 23.6 Å². The second-order valence-electron chi connectivity index (χ2n) is 15.3. The fraction of sp³-hybridized carbons (Fsp3) is 0.312. The van der Waals surface area contributed by atoms with Gasteiger partial charge in [0.05, 0.1) is 58.4 Å². The summed E-state index contributed by atoms with van der Waals surface area (Å²) in [5.41, 5.74) is 3.11. The molecule has 2 aromatic heterocycles. The molecule has 0 fully saturated rings. The van der Waals surface area contributed by atoms with E-state index >= 15 is 0 Å². The van der Waals surface area contributed by atoms with Gasteiger partial charge in [0.1, 0.15) is 23.4 Å². The molecule has 4 aromatic carbocycles. The second kappa shape index (κ2) is 20.2. The molecule has 14 heteroatoms. The average Bonchev–Trinajstić information content (AvgIpc) is 3.91. The molecule has 1 unspecified atom stereocenters. The lowest BCUT2D eigenvalue weighted by Crippen LogP contribution is -2.39. The zero-order chi connectivity index (χ0) is 43.6. The summed E-state index contributed by atoms with van der Waals surface area (Å²) in [5, 5.41) is 12.4. The summed E-state index contributed by atoms with van der Waals surface area (Å²) in [6, 6.07) is 37.0. The second-order valence-corrected chi connectivity index (χ2v) is 16.7. The molecule has 6 aromatic rings. The monoisotopic (exact) mass is 853 g/mol. The normalized spacial score (nSPS) is 16.8. The first-order chi connectivity index (χ1) is 30.2. The number of imidazole rings is 1. The Hall–Kier alpha value is -6.00. The summed E-state index contributed by atoms with van der Waals surface area (Å²) in [4.78, 5) is 27.1. The molecule has 1 aliphatic carbocycles. The molecule has 0 aliphatic heterocycles. The van der Waals surface area contributed by atoms with Gasteiger partial charge in [-0.2, -0.15) is 5.26 Å². The van der Waals surface area contributed by atoms with Crippen molar-refractivity contribution in [2.24, 2.45) is 5.92 Å². The van der Waals surface area contributed by atoms with Gasteiger partial charge in [0.15, 0.2) is 17.0 Å². The Morgan fingerprint density at radius 1 is 0.823 bits per heavy atom. The first kappa shape index (κ1) is 44.1. The van der Waals surface area contributed by atoms with Crippen LogP contribution < -0.4 is 14.8 Å². The number of nitrogens with one attached hydrogen (secondary N) is 1. The van der Waals surface area contributed by atoms with E-state index in [-0.39, 0.29) is 43.5 Å². The molecule has 1 aliphatic rings. The molecule has 7 rings (SSSR count). The van der Waals surface area contributed by atoms with Crippen molar-refractivity contribution in [2.45, 2.75) is 63.9 Å². The van der Waals surface area contributed by atoms with Crippen molar-refractivity contribution in [3.8, 4) is 17.6 Å². The molecule has 320 valence electrons. The minimum atomic E-state index is -1.69. The highest BCUT2D eigenvalue weighted by molar-refractivity contribution is 7.44. The number of carbonyl (C=O) groups excluding carboxylic acids is 1. The molecule has 0 saturated carbocycles. The Balaban J connectivity index is 1.31. The van der Waals surface area contributed by atoms with Crippen LogP contribution in [0.5, 0.6) is 11.5 Å². The predicted octanol–water partition coefficient (Wildman–Crippen LogP) is 9.49. The molecule has 1 N–H and O–H groups in total. The van der Waals surface area contributed by atoms with E-state index in [0.29, 0.717) is 22.5 Å². The first-order valence-electron chi connectivity index (χ1n) is 20.6. The lowest BCUT2D eigenvalue weighted by Gasteiger charge is -2.40. The zero-order valence-electron chi connectivity index (χ0n) is 35.8. The Kier molecular flexibility index (Phi) is 14.4. The smallest absolute Gasteiger partial charge is 0.259 e. The number of anilines is 1. The van der Waals surface area contributed by atoms with Crippen molar-refractivity contribution >= 4 is 31.4 Å². The predicted molar refractivity (Wildman–Crippen MR) is 240 cm³/mol. The zero-order valence-corrected chi connectivity index (χ0v) is 36.7. The van der Waals surface area contributed by atoms with Crippen LogP contribution in [0.4, 0.5) is 5.82 Å². The lowest BCUT2D eigenvalue weighted by molar-refractivity contribution is -0.0251. The quantitative estimate of drug-likeness (QED) is 0.0360. The van der Waals surface area contributed by atoms with Crippen molar-refractivity contribution in [1.82, 2.24) is 24.2 Å². The average molecular weight is 854 g/mol. The highest BCUT2D eigenvalue weighted by Crippen LogP contribution is 2.52. The van der Waals surface area contributed by atoms with Gasteiger partial charge < -0.3 is 33.1 Å². The SMILES string of the molecule is COc1ccc(C(OC[C@H]2C=C[C@@H](n3cnc4c(NC(=O)c5ccccc5)ncnc43)[C@@H]2OP(OCCC#N)N(C(C)C)C(C)C)(c2ccccc2)c2ccc(OC)cc2)cc1. The van der Waals surface area contributed by atoms with Gasteiger partial charge in [0.25, 0.3) is 14.4 Å². The summed E-state index contributed by atoms with van der Waals surface area (Å²) in [5.74, 6) is 1.12. The summed E-state index contributed by atoms with van der Waals surface area (Å²) < 4.78 is 36.5. The number of methoxy groups -OCH3 is 2. The summed E-state index contributed by atoms with van der Waals surface area (Å²) in [6.45, 7) is 8.88. The molecule has 1 amide bonds. The number of amides is 1. The van der Waals surface area contributed by atoms with Crippen molar-refractivity contribution in [3.05, 3.63) is 156 Å². The van der Waals surface area contributed by atoms with E-state index in [0.717, 1.165) is 28.2 Å². The summed E-state index contributed by atoms with van der Waals surface area (Å²) in [7, 11) is 1.61. The standard InChI is InChI=1S/C48H52N7O6P/c1-33(2)55(34(3)4)62(60-29-13-28-49)61-44-36(18-27-42(44)54-32-52-43-45(50-31-51-46(43)54)53-47(56)35-14-9-7-10-15-35)30-59-48(37-16-11-8-12-17-37,38-19-23-40(57-5)24-20-38)39-21-25-41(58-6)26-22-39/h7-12,14-27,31-34,36,42,44H,13,29-30H2,1-6H3,(H,50,51,53,56)/t36-,42-,44-,62?/m1/s1. The van der Waals surface area contributed by atoms with Gasteiger partial charge in [-0.15, -0.1) is 0 Å². The highest BCUT2D eigenvalue weighted by atomic mass is 31.2. The fourth-order valence-corrected chi connectivity index (χ4v) is 9.69. The van der Waals surface area contributed by atoms with E-state index in [1.807, 2.05) is 89.5 Å². The number of hydrogen-bond donors (Lipinski definition) is 1. The van der Waals surface area contributed by atoms with E-state index in [4.69, 9.17) is 28.2 Å². The Labute approximate surface area is 364 Å². The number of aromatic nitrogens is 4. The third-order valence-electron chi connectivity index (χ3n) is 10.8. The lowest BCUT2D eigenvalue weighted by atomic mass is 9.80. The Morgan fingerprint density at radius 2 is 1.42 bits per heavy atom. The number of ether oxygens (including phenoxy) is 3. The fourth-order valence-electron chi connectivity index (χ4n) is 7.90. The molecular formula is C48H52N7O6P. The highest BCUT2D eigenvalue weighted by Gasteiger charge is 2.44. The molecule has 0 saturated heterocycles. The van der Waals surface area contributed by atoms with Crippen LogP contribution in [0.25, 0.3) is 11.2 Å². The maximum absolute atomic E-state index is 13.2. The van der Waals surface area contributed by atoms with Crippen molar-refractivity contribution in [2.75, 3.05) is 32.8 Å². The van der Waals surface area contributed by atoms with Gasteiger partial charge in [0.2, 0.25) is 0 Å². The van der Waals surface area contributed by atoms with Crippen LogP contribution in [-0.2, 0) is 19.4 Å². The van der Waals surface area contributed by atoms with Gasteiger partial charge >= 0.3 is 0 Å². The van der Waals surface area contributed by atoms with Crippen LogP contribution in [0.3, 0.4) is 0 Å². The number of benzene rings is 4. The largest absolute Gasteiger partial charge is 0.497 e. The van der Waals surface area contributed by atoms with E-state index < -0.39 is 26.3 Å². The summed E-state index contributed by atoms with van der Waals surface area (Å²) in [6.07, 6.45) is 7.00. The molecule has 0 bridgehead atoms. The number of hydrogen-bond acceptors (Lipinski definition) is 11. The van der Waals surface area contributed by atoms with E-state index in [1.165, 1.54) is 6.33 Å². The van der Waals surface area contributed by atoms with Crippen molar-refractivity contribution in [1.29, 1.82) is 5.26 Å². The molecule has 0 radical (unpaired) electrons. The molecule has 13 nitrogen and oxygen atoms in total. The maximum atomic E-state index is 13.2. The van der Waals surface area contributed by atoms with E-state index in [1.54, 1.807) is 32.7 Å². The van der Waals surface area contributed by atoms with Crippen molar-refractivity contribution in [3.63, 3.8) is 0 Å². The minimum absolute atomic E-state index is 0.0687. The Bertz CT molecular complexity index is 2400. The number of rotatable bonds is 19. The minimum Gasteiger partial charge on any atom is -0.497 e. The van der Waals surface area contributed by atoms with Gasteiger partial charge in [-0.05, 0) is 80.8 Å². The third kappa shape index (κ3) is 9.40. The van der Waals surface area contributed by atoms with E-state index in [9.17, 15) is 10.1 Å². The van der Waals surface area contributed by atoms with Crippen LogP contribution in [0.1, 0.15) is 67.2 Å². The van der Waals surface area contributed by atoms with Crippen LogP contribution in [0.2, 0.25) is 0 Å². The van der Waals surface area contributed by atoms with Crippen LogP contribution in [0.15, 0.2) is 134 Å². The molecular weight excluding hydrogens is 802 g/mol. The van der Waals surface area contributed by atoms with Crippen LogP contribution in [0, 0.1) is 17.2 Å². The summed E-state index contributed by atoms with van der Waals surface area (Å²) >= 11 is 0. The molecule has 4 atom stereocenters. The van der Waals surface area contributed by atoms with Gasteiger partial charge in [-0.3, -0.25) is 4.79 Å². The van der Waals surface area contributed by atoms with Crippen molar-refractivity contribution < 1.29 is 28.1 Å². The number of nitrogens with zero attached hydrogens (tertiary/aromatic N) is 6. The van der Waals surface area contributed by atoms with Crippen LogP contribution >= 0.6 is 8.53 Å². The van der Waals surface area contributed by atoms with Gasteiger partial charge in [-0.1, -0.05) is 84.9 Å². The molecule has 0 spiro atoms. The number of carbonyl (C=O) groups is 1. The Morgan fingerprint density at radius 3 is 2.00 bits per heavy atom. The number of nitriles is 1. The maximum Gasteiger partial charge on any atom is 0.259 e. The molecule has 62 heavy (non-hydrogen) atoms. The molecule has 2 heterocycles. The van der Waals surface area contributed by atoms with E-state index in [2.05, 4.69) is 78.0 Å². The van der Waals surface area contributed by atoms with Gasteiger partial charge in [-0.25, -0.2) is 19.6 Å². The number of fused-ring (bicyclic) bond motifs is 1. The van der Waals surface area contributed by atoms with Crippen LogP contribution in [-0.4, -0.2) is 75.7 Å². The first-order valence-corrected chi connectivity index (χ1v) is 21.8. The topological polar surface area (TPSA) is 146 Å².